The molecule has 0 saturated heterocycles. The van der Waals surface area contributed by atoms with E-state index in [0.717, 1.165) is 22.3 Å². The summed E-state index contributed by atoms with van der Waals surface area (Å²) in [6.07, 6.45) is 4.53. The maximum absolute atomic E-state index is 11.9. The standard InChI is InChI=1S/C25H20N8O2/c1-14-8-16(4-3-7-26)9-15(2)22(14)19-10-18(33(34)35)11-20-23(19)31-25(32-24(20)28)30-21-6-5-17(12-27)13-29-21/h3-6,8-11,13,33-34H,1-2H3,(H3,28,29,30,31,32)/b4-3+. The third-order valence-electron chi connectivity index (χ3n) is 5.38. The van der Waals surface area contributed by atoms with Crippen molar-refractivity contribution in [3.05, 3.63) is 76.1 Å². The Morgan fingerprint density at radius 3 is 2.46 bits per heavy atom. The molecule has 2 heterocycles. The largest absolute Gasteiger partial charge is 0.595 e. The van der Waals surface area contributed by atoms with Crippen molar-refractivity contribution in [1.29, 1.82) is 10.5 Å². The highest BCUT2D eigenvalue weighted by Crippen LogP contribution is 2.37. The number of nitrogens with two attached hydrogens (primary N) is 1. The summed E-state index contributed by atoms with van der Waals surface area (Å²) in [4.78, 5) is 13.1. The molecule has 0 saturated carbocycles. The molecule has 0 fully saturated rings. The van der Waals surface area contributed by atoms with E-state index in [1.54, 1.807) is 24.3 Å². The molecule has 0 aliphatic rings. The van der Waals surface area contributed by atoms with Crippen molar-refractivity contribution >= 4 is 40.3 Å². The number of benzene rings is 2. The van der Waals surface area contributed by atoms with Crippen LogP contribution in [0.3, 0.4) is 0 Å². The number of nitriles is 2. The first-order chi connectivity index (χ1) is 16.8. The Hall–Kier alpha value is -4.87. The zero-order valence-electron chi connectivity index (χ0n) is 18.9. The number of aryl methyl sites for hydroxylation is 2. The molecule has 10 heteroatoms. The molecule has 0 aliphatic heterocycles. The van der Waals surface area contributed by atoms with Gasteiger partial charge in [-0.3, -0.25) is 0 Å². The zero-order chi connectivity index (χ0) is 25.1. The van der Waals surface area contributed by atoms with Gasteiger partial charge in [0, 0.05) is 35.4 Å². The predicted octanol–water partition coefficient (Wildman–Crippen LogP) is 3.45. The van der Waals surface area contributed by atoms with E-state index in [0.29, 0.717) is 27.8 Å². The highest BCUT2D eigenvalue weighted by Gasteiger charge is 2.19. The molecule has 4 rings (SSSR count). The van der Waals surface area contributed by atoms with Crippen LogP contribution in [0.25, 0.3) is 28.1 Å². The molecule has 0 amide bonds. The van der Waals surface area contributed by atoms with Crippen LogP contribution in [0.2, 0.25) is 0 Å². The molecule has 10 nitrogen and oxygen atoms in total. The van der Waals surface area contributed by atoms with Crippen LogP contribution < -0.4 is 16.3 Å². The van der Waals surface area contributed by atoms with Crippen molar-refractivity contribution in [3.63, 3.8) is 0 Å². The van der Waals surface area contributed by atoms with Crippen LogP contribution in [0.4, 0.5) is 23.3 Å². The lowest BCUT2D eigenvalue weighted by molar-refractivity contribution is -0.991. The van der Waals surface area contributed by atoms with Crippen LogP contribution in [0.1, 0.15) is 22.3 Å². The molecule has 0 aliphatic carbocycles. The summed E-state index contributed by atoms with van der Waals surface area (Å²) in [6.45, 7) is 3.82. The molecular formula is C25H20N8O2. The fourth-order valence-corrected chi connectivity index (χ4v) is 3.93. The number of allylic oxidation sites excluding steroid dienone is 1. The quantitative estimate of drug-likeness (QED) is 0.255. The first kappa shape index (κ1) is 23.3. The van der Waals surface area contributed by atoms with Gasteiger partial charge in [0.25, 0.3) is 0 Å². The summed E-state index contributed by atoms with van der Waals surface area (Å²) in [6, 6.07) is 14.1. The van der Waals surface area contributed by atoms with E-state index in [1.165, 1.54) is 18.3 Å². The molecule has 0 bridgehead atoms. The number of pyridine rings is 1. The number of nitrogens with one attached hydrogen (secondary N) is 2. The topological polar surface area (TPSA) is 172 Å². The Labute approximate surface area is 200 Å². The van der Waals surface area contributed by atoms with Gasteiger partial charge in [0.1, 0.15) is 17.7 Å². The SMILES string of the molecule is Cc1cc(/C=C/C#N)cc(C)c1-c1cc([NH+]([O-])O)cc2c(N)nc(Nc3ccc(C#N)cn3)nc12. The van der Waals surface area contributed by atoms with E-state index in [4.69, 9.17) is 16.3 Å². The van der Waals surface area contributed by atoms with E-state index >= 15 is 0 Å². The number of rotatable bonds is 5. The number of quaternary nitrogens is 1. The van der Waals surface area contributed by atoms with Crippen molar-refractivity contribution in [3.8, 4) is 23.3 Å². The highest BCUT2D eigenvalue weighted by atomic mass is 16.8. The second-order valence-corrected chi connectivity index (χ2v) is 7.82. The third kappa shape index (κ3) is 4.76. The highest BCUT2D eigenvalue weighted by molar-refractivity contribution is 6.02. The Kier molecular flexibility index (Phi) is 6.36. The van der Waals surface area contributed by atoms with E-state index in [-0.39, 0.29) is 17.5 Å². The molecule has 5 N–H and O–H groups in total. The number of anilines is 3. The van der Waals surface area contributed by atoms with Crippen molar-refractivity contribution in [2.45, 2.75) is 13.8 Å². The molecule has 4 aromatic rings. The van der Waals surface area contributed by atoms with Gasteiger partial charge in [0.2, 0.25) is 5.95 Å². The van der Waals surface area contributed by atoms with Gasteiger partial charge in [-0.25, -0.2) is 15.2 Å². The summed E-state index contributed by atoms with van der Waals surface area (Å²) in [5, 5.41) is 41.7. The summed E-state index contributed by atoms with van der Waals surface area (Å²) in [5.41, 5.74) is 11.2. The van der Waals surface area contributed by atoms with Gasteiger partial charge in [0.15, 0.2) is 5.69 Å². The lowest BCUT2D eigenvalue weighted by Crippen LogP contribution is -2.99. The Morgan fingerprint density at radius 1 is 1.11 bits per heavy atom. The van der Waals surface area contributed by atoms with E-state index in [9.17, 15) is 10.4 Å². The van der Waals surface area contributed by atoms with Gasteiger partial charge in [0.05, 0.1) is 17.1 Å². The van der Waals surface area contributed by atoms with Crippen LogP contribution >= 0.6 is 0 Å². The van der Waals surface area contributed by atoms with Crippen LogP contribution in [0.5, 0.6) is 0 Å². The molecular weight excluding hydrogens is 444 g/mol. The number of nitrogens with zero attached hydrogens (tertiary/aromatic N) is 5. The average Bonchev–Trinajstić information content (AvgIpc) is 2.83. The second kappa shape index (κ2) is 9.55. The summed E-state index contributed by atoms with van der Waals surface area (Å²) >= 11 is 0. The lowest BCUT2D eigenvalue weighted by Gasteiger charge is -2.18. The van der Waals surface area contributed by atoms with Gasteiger partial charge >= 0.3 is 0 Å². The molecule has 0 spiro atoms. The summed E-state index contributed by atoms with van der Waals surface area (Å²) in [5.74, 6) is 0.715. The molecule has 35 heavy (non-hydrogen) atoms. The van der Waals surface area contributed by atoms with Crippen molar-refractivity contribution in [1.82, 2.24) is 15.0 Å². The first-order valence-corrected chi connectivity index (χ1v) is 10.5. The lowest BCUT2D eigenvalue weighted by atomic mass is 9.91. The normalized spacial score (nSPS) is 11.8. The van der Waals surface area contributed by atoms with Gasteiger partial charge in [-0.15, -0.1) is 0 Å². The minimum absolute atomic E-state index is 0.0597. The van der Waals surface area contributed by atoms with Crippen LogP contribution in [-0.4, -0.2) is 20.2 Å². The second-order valence-electron chi connectivity index (χ2n) is 7.82. The monoisotopic (exact) mass is 464 g/mol. The van der Waals surface area contributed by atoms with Gasteiger partial charge in [-0.1, -0.05) is 12.1 Å². The number of hydrogen-bond acceptors (Lipinski definition) is 9. The fourth-order valence-electron chi connectivity index (χ4n) is 3.93. The molecule has 1 atom stereocenters. The molecule has 2 aromatic heterocycles. The minimum Gasteiger partial charge on any atom is -0.595 e. The molecule has 2 aromatic carbocycles. The minimum atomic E-state index is -1.10. The average molecular weight is 464 g/mol. The molecule has 172 valence electrons. The molecule has 0 radical (unpaired) electrons. The van der Waals surface area contributed by atoms with Crippen molar-refractivity contribution in [2.75, 3.05) is 11.1 Å². The predicted molar refractivity (Wildman–Crippen MR) is 132 cm³/mol. The van der Waals surface area contributed by atoms with E-state index < -0.39 is 5.23 Å². The Bertz CT molecular complexity index is 1520. The van der Waals surface area contributed by atoms with Gasteiger partial charge in [-0.05, 0) is 54.3 Å². The number of nitrogen functional groups attached to an aromatic ring is 1. The number of fused-ring (bicyclic) bond motifs is 1. The van der Waals surface area contributed by atoms with Crippen molar-refractivity contribution < 1.29 is 10.4 Å². The van der Waals surface area contributed by atoms with Gasteiger partial charge in [-0.2, -0.15) is 20.7 Å². The summed E-state index contributed by atoms with van der Waals surface area (Å²) < 4.78 is 0. The van der Waals surface area contributed by atoms with E-state index in [2.05, 4.69) is 20.3 Å². The van der Waals surface area contributed by atoms with Crippen LogP contribution in [0.15, 0.2) is 48.7 Å². The Morgan fingerprint density at radius 2 is 1.86 bits per heavy atom. The zero-order valence-corrected chi connectivity index (χ0v) is 18.9. The van der Waals surface area contributed by atoms with Crippen LogP contribution in [0, 0.1) is 41.7 Å². The summed E-state index contributed by atoms with van der Waals surface area (Å²) in [7, 11) is 0. The third-order valence-corrected chi connectivity index (χ3v) is 5.38. The number of hydrogen-bond donors (Lipinski definition) is 4. The smallest absolute Gasteiger partial charge is 0.230 e. The molecule has 1 unspecified atom stereocenters. The van der Waals surface area contributed by atoms with Gasteiger partial charge < -0.3 is 16.3 Å². The van der Waals surface area contributed by atoms with Crippen LogP contribution in [-0.2, 0) is 0 Å². The Balaban J connectivity index is 1.92. The van der Waals surface area contributed by atoms with Crippen molar-refractivity contribution in [2.24, 2.45) is 0 Å². The van der Waals surface area contributed by atoms with E-state index in [1.807, 2.05) is 38.1 Å². The maximum Gasteiger partial charge on any atom is 0.230 e. The first-order valence-electron chi connectivity index (χ1n) is 10.5. The maximum atomic E-state index is 11.9. The number of aromatic nitrogens is 3. The fraction of sp³-hybridized carbons (Fsp3) is 0.0800.